The summed E-state index contributed by atoms with van der Waals surface area (Å²) in [5.41, 5.74) is 0. The van der Waals surface area contributed by atoms with E-state index in [1.807, 2.05) is 20.8 Å². The van der Waals surface area contributed by atoms with E-state index in [9.17, 15) is 4.21 Å². The van der Waals surface area contributed by atoms with E-state index < -0.39 is 11.0 Å². The van der Waals surface area contributed by atoms with Crippen LogP contribution in [0.3, 0.4) is 0 Å². The average molecular weight is 339 g/mol. The quantitative estimate of drug-likeness (QED) is 0.910. The van der Waals surface area contributed by atoms with E-state index in [-0.39, 0.29) is 10.8 Å². The van der Waals surface area contributed by atoms with Gasteiger partial charge in [0.1, 0.15) is 5.01 Å². The van der Waals surface area contributed by atoms with E-state index in [1.54, 1.807) is 17.5 Å². The van der Waals surface area contributed by atoms with E-state index in [0.29, 0.717) is 5.92 Å². The maximum atomic E-state index is 12.1. The van der Waals surface area contributed by atoms with Gasteiger partial charge >= 0.3 is 0 Å². The zero-order valence-electron chi connectivity index (χ0n) is 10.8. The minimum Gasteiger partial charge on any atom is -0.247 e. The average Bonchev–Trinajstić information content (AvgIpc) is 2.58. The van der Waals surface area contributed by atoms with Gasteiger partial charge in [0.05, 0.1) is 31.8 Å². The lowest BCUT2D eigenvalue weighted by atomic mass is 10.1. The van der Waals surface area contributed by atoms with Gasteiger partial charge in [-0.05, 0) is 42.6 Å². The number of halogens is 1. The SMILES string of the molecule is CC(C)[C@H](NS(=O)C(C)(C)C)c1ncc(Br)s1. The van der Waals surface area contributed by atoms with Crippen LogP contribution in [0.15, 0.2) is 9.98 Å². The second-order valence-corrected chi connectivity index (χ2v) is 9.66. The largest absolute Gasteiger partial charge is 0.247 e. The van der Waals surface area contributed by atoms with Crippen LogP contribution < -0.4 is 4.72 Å². The molecule has 6 heteroatoms. The van der Waals surface area contributed by atoms with Crippen LogP contribution in [0, 0.1) is 5.92 Å². The maximum absolute atomic E-state index is 12.1. The first-order valence-electron chi connectivity index (χ1n) is 5.51. The van der Waals surface area contributed by atoms with E-state index in [0.717, 1.165) is 8.79 Å². The van der Waals surface area contributed by atoms with Crippen LogP contribution in [0.5, 0.6) is 0 Å². The Kier molecular flexibility index (Phi) is 5.31. The van der Waals surface area contributed by atoms with E-state index in [2.05, 4.69) is 39.5 Å². The molecule has 17 heavy (non-hydrogen) atoms. The molecule has 0 radical (unpaired) electrons. The third-order valence-corrected chi connectivity index (χ3v) is 5.36. The van der Waals surface area contributed by atoms with Gasteiger partial charge in [-0.3, -0.25) is 0 Å². The van der Waals surface area contributed by atoms with Crippen molar-refractivity contribution in [3.05, 3.63) is 15.0 Å². The minimum absolute atomic E-state index is 0.0337. The van der Waals surface area contributed by atoms with Crippen LogP contribution in [-0.2, 0) is 11.0 Å². The van der Waals surface area contributed by atoms with Gasteiger partial charge in [-0.2, -0.15) is 0 Å². The number of nitrogens with one attached hydrogen (secondary N) is 1. The maximum Gasteiger partial charge on any atom is 0.112 e. The molecular formula is C11H19BrN2OS2. The van der Waals surface area contributed by atoms with Crippen molar-refractivity contribution in [3.8, 4) is 0 Å². The van der Waals surface area contributed by atoms with Gasteiger partial charge in [-0.15, -0.1) is 11.3 Å². The summed E-state index contributed by atoms with van der Waals surface area (Å²) in [5.74, 6) is 0.347. The highest BCUT2D eigenvalue weighted by molar-refractivity contribution is 9.11. The summed E-state index contributed by atoms with van der Waals surface area (Å²) in [6, 6.07) is 0.0337. The topological polar surface area (TPSA) is 42.0 Å². The predicted molar refractivity (Wildman–Crippen MR) is 78.4 cm³/mol. The number of thiazole rings is 1. The molecule has 0 aromatic carbocycles. The molecule has 0 spiro atoms. The zero-order valence-corrected chi connectivity index (χ0v) is 14.0. The third-order valence-electron chi connectivity index (χ3n) is 2.22. The normalized spacial score (nSPS) is 16.2. The lowest BCUT2D eigenvalue weighted by Gasteiger charge is -2.25. The molecule has 0 amide bonds. The highest BCUT2D eigenvalue weighted by Gasteiger charge is 2.26. The number of hydrogen-bond donors (Lipinski definition) is 1. The monoisotopic (exact) mass is 338 g/mol. The lowest BCUT2D eigenvalue weighted by Crippen LogP contribution is -2.37. The van der Waals surface area contributed by atoms with Gasteiger partial charge in [0, 0.05) is 0 Å². The second-order valence-electron chi connectivity index (χ2n) is 5.22. The molecule has 1 aromatic heterocycles. The Labute approximate surface area is 118 Å². The molecule has 1 aromatic rings. The number of rotatable bonds is 4. The molecule has 0 saturated heterocycles. The molecule has 98 valence electrons. The fourth-order valence-corrected chi connectivity index (χ4v) is 3.69. The van der Waals surface area contributed by atoms with Crippen molar-refractivity contribution in [1.29, 1.82) is 0 Å². The smallest absolute Gasteiger partial charge is 0.112 e. The lowest BCUT2D eigenvalue weighted by molar-refractivity contribution is 0.471. The Morgan fingerprint density at radius 3 is 2.41 bits per heavy atom. The van der Waals surface area contributed by atoms with Crippen molar-refractivity contribution in [2.24, 2.45) is 5.92 Å². The number of aromatic nitrogens is 1. The standard InChI is InChI=1S/C11H19BrN2OS2/c1-7(2)9(10-13-6-8(12)16-10)14-17(15)11(3,4)5/h6-7,9,14H,1-5H3/t9-,17?/m0/s1. The van der Waals surface area contributed by atoms with Crippen LogP contribution in [-0.4, -0.2) is 13.9 Å². The predicted octanol–water partition coefficient (Wildman–Crippen LogP) is 3.65. The molecule has 1 heterocycles. The van der Waals surface area contributed by atoms with Crippen LogP contribution in [0.1, 0.15) is 45.7 Å². The molecule has 2 atom stereocenters. The molecule has 0 aliphatic carbocycles. The molecule has 0 bridgehead atoms. The summed E-state index contributed by atoms with van der Waals surface area (Å²) in [6.07, 6.45) is 1.79. The summed E-state index contributed by atoms with van der Waals surface area (Å²) in [5, 5.41) is 0.976. The summed E-state index contributed by atoms with van der Waals surface area (Å²) in [4.78, 5) is 4.35. The highest BCUT2D eigenvalue weighted by atomic mass is 79.9. The Bertz CT molecular complexity index is 398. The van der Waals surface area contributed by atoms with Crippen LogP contribution in [0.4, 0.5) is 0 Å². The highest BCUT2D eigenvalue weighted by Crippen LogP contribution is 2.29. The Balaban J connectivity index is 2.85. The molecule has 1 unspecified atom stereocenters. The van der Waals surface area contributed by atoms with Gasteiger partial charge in [0.2, 0.25) is 0 Å². The van der Waals surface area contributed by atoms with Crippen molar-refractivity contribution >= 4 is 38.3 Å². The van der Waals surface area contributed by atoms with Crippen molar-refractivity contribution in [1.82, 2.24) is 9.71 Å². The first kappa shape index (κ1) is 15.3. The summed E-state index contributed by atoms with van der Waals surface area (Å²) in [7, 11) is -1.08. The first-order valence-corrected chi connectivity index (χ1v) is 8.27. The second kappa shape index (κ2) is 5.91. The fourth-order valence-electron chi connectivity index (χ4n) is 1.17. The molecule has 0 aliphatic heterocycles. The number of nitrogens with zero attached hydrogens (tertiary/aromatic N) is 1. The summed E-state index contributed by atoms with van der Waals surface area (Å²) >= 11 is 4.99. The van der Waals surface area contributed by atoms with Crippen molar-refractivity contribution in [2.75, 3.05) is 0 Å². The molecule has 0 fully saturated rings. The Morgan fingerprint density at radius 2 is 2.06 bits per heavy atom. The van der Waals surface area contributed by atoms with E-state index in [4.69, 9.17) is 0 Å². The molecule has 0 saturated carbocycles. The van der Waals surface area contributed by atoms with E-state index >= 15 is 0 Å². The van der Waals surface area contributed by atoms with Crippen LogP contribution >= 0.6 is 27.3 Å². The van der Waals surface area contributed by atoms with Crippen molar-refractivity contribution in [3.63, 3.8) is 0 Å². The number of hydrogen-bond acceptors (Lipinski definition) is 3. The van der Waals surface area contributed by atoms with Gasteiger partial charge in [0.25, 0.3) is 0 Å². The molecule has 0 aliphatic rings. The van der Waals surface area contributed by atoms with Gasteiger partial charge in [-0.1, -0.05) is 13.8 Å². The zero-order chi connectivity index (χ0) is 13.2. The van der Waals surface area contributed by atoms with Gasteiger partial charge in [-0.25, -0.2) is 13.9 Å². The summed E-state index contributed by atoms with van der Waals surface area (Å²) < 4.78 is 16.0. The van der Waals surface area contributed by atoms with E-state index in [1.165, 1.54) is 0 Å². The van der Waals surface area contributed by atoms with Gasteiger partial charge in [0.15, 0.2) is 0 Å². The first-order chi connectivity index (χ1) is 7.71. The third kappa shape index (κ3) is 4.43. The minimum atomic E-state index is -1.08. The van der Waals surface area contributed by atoms with Crippen LogP contribution in [0.2, 0.25) is 0 Å². The summed E-state index contributed by atoms with van der Waals surface area (Å²) in [6.45, 7) is 10.1. The van der Waals surface area contributed by atoms with Crippen molar-refractivity contribution in [2.45, 2.75) is 45.4 Å². The molecule has 1 N–H and O–H groups in total. The van der Waals surface area contributed by atoms with Crippen LogP contribution in [0.25, 0.3) is 0 Å². The van der Waals surface area contributed by atoms with Crippen molar-refractivity contribution < 1.29 is 4.21 Å². The Morgan fingerprint density at radius 1 is 1.47 bits per heavy atom. The fraction of sp³-hybridized carbons (Fsp3) is 0.727. The molecular weight excluding hydrogens is 320 g/mol. The molecule has 1 rings (SSSR count). The Hall–Kier alpha value is 0.220. The molecule has 3 nitrogen and oxygen atoms in total. The van der Waals surface area contributed by atoms with Gasteiger partial charge < -0.3 is 0 Å².